The van der Waals surface area contributed by atoms with Gasteiger partial charge in [0.1, 0.15) is 0 Å². The van der Waals surface area contributed by atoms with E-state index in [-0.39, 0.29) is 24.3 Å². The van der Waals surface area contributed by atoms with Crippen molar-refractivity contribution < 1.29 is 9.59 Å². The lowest BCUT2D eigenvalue weighted by atomic mass is 10.0. The van der Waals surface area contributed by atoms with E-state index in [2.05, 4.69) is 5.32 Å². The lowest BCUT2D eigenvalue weighted by molar-refractivity contribution is -0.131. The van der Waals surface area contributed by atoms with Crippen LogP contribution in [0.3, 0.4) is 0 Å². The molecule has 0 aliphatic heterocycles. The number of nitrogens with zero attached hydrogens (tertiary/aromatic N) is 1. The van der Waals surface area contributed by atoms with E-state index in [1.165, 1.54) is 6.92 Å². The van der Waals surface area contributed by atoms with Crippen LogP contribution in [0, 0.1) is 0 Å². The summed E-state index contributed by atoms with van der Waals surface area (Å²) in [4.78, 5) is 25.3. The molecule has 110 valence electrons. The van der Waals surface area contributed by atoms with Gasteiger partial charge in [-0.15, -0.1) is 0 Å². The van der Waals surface area contributed by atoms with E-state index in [1.807, 2.05) is 26.0 Å². The van der Waals surface area contributed by atoms with Crippen LogP contribution in [-0.4, -0.2) is 29.8 Å². The van der Waals surface area contributed by atoms with Gasteiger partial charge in [-0.2, -0.15) is 0 Å². The molecule has 1 rings (SSSR count). The first kappa shape index (κ1) is 16.5. The molecule has 0 bridgehead atoms. The SMILES string of the molecule is CCN(CC)C(=O)CC(NC(C)=O)c1ccc(Cl)cc1. The van der Waals surface area contributed by atoms with Crippen LogP contribution in [-0.2, 0) is 9.59 Å². The monoisotopic (exact) mass is 296 g/mol. The summed E-state index contributed by atoms with van der Waals surface area (Å²) in [6, 6.07) is 6.86. The molecule has 1 unspecified atom stereocenters. The number of benzene rings is 1. The van der Waals surface area contributed by atoms with E-state index in [1.54, 1.807) is 17.0 Å². The molecule has 2 amide bonds. The minimum absolute atomic E-state index is 0.0312. The fraction of sp³-hybridized carbons (Fsp3) is 0.467. The first-order chi connectivity index (χ1) is 9.47. The zero-order chi connectivity index (χ0) is 15.1. The molecule has 0 aliphatic rings. The van der Waals surface area contributed by atoms with Crippen molar-refractivity contribution in [3.63, 3.8) is 0 Å². The highest BCUT2D eigenvalue weighted by atomic mass is 35.5. The van der Waals surface area contributed by atoms with Crippen molar-refractivity contribution in [2.24, 2.45) is 0 Å². The minimum atomic E-state index is -0.321. The van der Waals surface area contributed by atoms with Crippen molar-refractivity contribution in [3.05, 3.63) is 34.9 Å². The molecule has 1 atom stereocenters. The Balaban J connectivity index is 2.87. The summed E-state index contributed by atoms with van der Waals surface area (Å²) in [6.45, 7) is 6.67. The van der Waals surface area contributed by atoms with Crippen LogP contribution in [0.5, 0.6) is 0 Å². The quantitative estimate of drug-likeness (QED) is 0.877. The Morgan fingerprint density at radius 3 is 2.20 bits per heavy atom. The van der Waals surface area contributed by atoms with Crippen LogP contribution >= 0.6 is 11.6 Å². The number of hydrogen-bond donors (Lipinski definition) is 1. The third kappa shape index (κ3) is 4.85. The summed E-state index contributed by atoms with van der Waals surface area (Å²) in [5.41, 5.74) is 0.880. The Kier molecular flexibility index (Phi) is 6.52. The molecule has 1 N–H and O–H groups in total. The fourth-order valence-electron chi connectivity index (χ4n) is 2.07. The zero-order valence-electron chi connectivity index (χ0n) is 12.1. The third-order valence-electron chi connectivity index (χ3n) is 3.14. The Labute approximate surface area is 125 Å². The van der Waals surface area contributed by atoms with E-state index in [9.17, 15) is 9.59 Å². The molecule has 0 fully saturated rings. The van der Waals surface area contributed by atoms with E-state index in [0.29, 0.717) is 18.1 Å². The molecule has 0 spiro atoms. The number of amides is 2. The van der Waals surface area contributed by atoms with Crippen molar-refractivity contribution in [1.29, 1.82) is 0 Å². The van der Waals surface area contributed by atoms with Gasteiger partial charge in [-0.25, -0.2) is 0 Å². The average Bonchev–Trinajstić information content (AvgIpc) is 2.39. The summed E-state index contributed by atoms with van der Waals surface area (Å²) in [5, 5.41) is 3.45. The zero-order valence-corrected chi connectivity index (χ0v) is 12.9. The minimum Gasteiger partial charge on any atom is -0.349 e. The maximum atomic E-state index is 12.2. The summed E-state index contributed by atoms with van der Waals surface area (Å²) >= 11 is 5.86. The largest absolute Gasteiger partial charge is 0.349 e. The normalized spacial score (nSPS) is 11.8. The number of hydrogen-bond acceptors (Lipinski definition) is 2. The fourth-order valence-corrected chi connectivity index (χ4v) is 2.20. The molecule has 0 aromatic heterocycles. The van der Waals surface area contributed by atoms with Gasteiger partial charge in [0, 0.05) is 25.0 Å². The van der Waals surface area contributed by atoms with Gasteiger partial charge in [0.05, 0.1) is 12.5 Å². The van der Waals surface area contributed by atoms with Gasteiger partial charge < -0.3 is 10.2 Å². The summed E-state index contributed by atoms with van der Waals surface area (Å²) < 4.78 is 0. The number of rotatable bonds is 6. The third-order valence-corrected chi connectivity index (χ3v) is 3.40. The maximum absolute atomic E-state index is 12.2. The highest BCUT2D eigenvalue weighted by molar-refractivity contribution is 6.30. The van der Waals surface area contributed by atoms with Crippen molar-refractivity contribution in [1.82, 2.24) is 10.2 Å². The standard InChI is InChI=1S/C15H21ClN2O2/c1-4-18(5-2)15(20)10-14(17-11(3)19)12-6-8-13(16)9-7-12/h6-9,14H,4-5,10H2,1-3H3,(H,17,19). The van der Waals surface area contributed by atoms with Crippen molar-refractivity contribution >= 4 is 23.4 Å². The van der Waals surface area contributed by atoms with Gasteiger partial charge >= 0.3 is 0 Å². The molecule has 0 aliphatic carbocycles. The predicted octanol–water partition coefficient (Wildman–Crippen LogP) is 2.78. The highest BCUT2D eigenvalue weighted by Crippen LogP contribution is 2.20. The predicted molar refractivity (Wildman–Crippen MR) is 80.6 cm³/mol. The molecule has 0 saturated carbocycles. The van der Waals surface area contributed by atoms with E-state index >= 15 is 0 Å². The van der Waals surface area contributed by atoms with Crippen LogP contribution in [0.2, 0.25) is 5.02 Å². The van der Waals surface area contributed by atoms with E-state index in [4.69, 9.17) is 11.6 Å². The van der Waals surface area contributed by atoms with Gasteiger partial charge in [0.2, 0.25) is 11.8 Å². The van der Waals surface area contributed by atoms with Crippen LogP contribution in [0.15, 0.2) is 24.3 Å². The van der Waals surface area contributed by atoms with Crippen LogP contribution in [0.1, 0.15) is 38.8 Å². The number of carbonyl (C=O) groups excluding carboxylic acids is 2. The van der Waals surface area contributed by atoms with E-state index < -0.39 is 0 Å². The molecule has 4 nitrogen and oxygen atoms in total. The van der Waals surface area contributed by atoms with Gasteiger partial charge in [-0.3, -0.25) is 9.59 Å². The lowest BCUT2D eigenvalue weighted by Crippen LogP contribution is -2.35. The molecule has 0 heterocycles. The molecule has 0 radical (unpaired) electrons. The Hall–Kier alpha value is -1.55. The Bertz CT molecular complexity index is 455. The molecule has 5 heteroatoms. The highest BCUT2D eigenvalue weighted by Gasteiger charge is 2.19. The van der Waals surface area contributed by atoms with Gasteiger partial charge in [0.15, 0.2) is 0 Å². The van der Waals surface area contributed by atoms with Crippen LogP contribution in [0.25, 0.3) is 0 Å². The first-order valence-corrected chi connectivity index (χ1v) is 7.16. The Morgan fingerprint density at radius 1 is 1.20 bits per heavy atom. The summed E-state index contributed by atoms with van der Waals surface area (Å²) in [7, 11) is 0. The van der Waals surface area contributed by atoms with Crippen LogP contribution < -0.4 is 5.32 Å². The number of carbonyl (C=O) groups is 2. The summed E-state index contributed by atoms with van der Waals surface area (Å²) in [6.07, 6.45) is 0.253. The number of halogens is 1. The van der Waals surface area contributed by atoms with Crippen molar-refractivity contribution in [2.45, 2.75) is 33.2 Å². The summed E-state index contributed by atoms with van der Waals surface area (Å²) in [5.74, 6) is -0.124. The van der Waals surface area contributed by atoms with Gasteiger partial charge in [-0.1, -0.05) is 23.7 Å². The topological polar surface area (TPSA) is 49.4 Å². The first-order valence-electron chi connectivity index (χ1n) is 6.78. The molecule has 0 saturated heterocycles. The second-order valence-corrected chi connectivity index (χ2v) is 5.01. The van der Waals surface area contributed by atoms with Gasteiger partial charge in [0.25, 0.3) is 0 Å². The van der Waals surface area contributed by atoms with Crippen LogP contribution in [0.4, 0.5) is 0 Å². The lowest BCUT2D eigenvalue weighted by Gasteiger charge is -2.23. The van der Waals surface area contributed by atoms with Crippen molar-refractivity contribution in [2.75, 3.05) is 13.1 Å². The van der Waals surface area contributed by atoms with Crippen molar-refractivity contribution in [3.8, 4) is 0 Å². The number of nitrogens with one attached hydrogen (secondary N) is 1. The Morgan fingerprint density at radius 2 is 1.75 bits per heavy atom. The average molecular weight is 297 g/mol. The molecule has 1 aromatic rings. The molecule has 20 heavy (non-hydrogen) atoms. The molecular weight excluding hydrogens is 276 g/mol. The molecular formula is C15H21ClN2O2. The second kappa shape index (κ2) is 7.90. The van der Waals surface area contributed by atoms with E-state index in [0.717, 1.165) is 5.56 Å². The smallest absolute Gasteiger partial charge is 0.224 e. The second-order valence-electron chi connectivity index (χ2n) is 4.57. The maximum Gasteiger partial charge on any atom is 0.224 e. The molecule has 1 aromatic carbocycles. The van der Waals surface area contributed by atoms with Gasteiger partial charge in [-0.05, 0) is 31.5 Å².